The van der Waals surface area contributed by atoms with Crippen LogP contribution in [0.5, 0.6) is 0 Å². The van der Waals surface area contributed by atoms with E-state index >= 15 is 0 Å². The van der Waals surface area contributed by atoms with E-state index in [9.17, 15) is 9.18 Å². The molecule has 2 aliphatic rings. The van der Waals surface area contributed by atoms with Gasteiger partial charge in [-0.05, 0) is 25.0 Å². The number of aromatic nitrogens is 3. The third kappa shape index (κ3) is 3.19. The summed E-state index contributed by atoms with van der Waals surface area (Å²) in [5, 5.41) is 12.0. The minimum absolute atomic E-state index is 0.0867. The largest absolute Gasteiger partial charge is 0.339 e. The fourth-order valence-electron chi connectivity index (χ4n) is 3.61. The quantitative estimate of drug-likeness (QED) is 0.791. The molecule has 9 heteroatoms. The predicted octanol–water partition coefficient (Wildman–Crippen LogP) is 2.85. The number of nitrogens with zero attached hydrogens (tertiary/aromatic N) is 4. The molecule has 6 nitrogen and oxygen atoms in total. The molecular formula is C17H18Cl2FN5O. The maximum atomic E-state index is 13.7. The molecule has 1 saturated heterocycles. The standard InChI is InChI=1S/C17H18Cl2FN5O/c18-12-8-13(19)14(20)7-11(12)17(26)24-4-1-10(2-5-24)16-23-22-15-9-21-3-6-25(15)16/h7-8,10,21H,1-6,9H2. The lowest BCUT2D eigenvalue weighted by atomic mass is 9.95. The number of hydrogen-bond acceptors (Lipinski definition) is 4. The molecule has 138 valence electrons. The highest BCUT2D eigenvalue weighted by Gasteiger charge is 2.30. The Morgan fingerprint density at radius 2 is 1.92 bits per heavy atom. The van der Waals surface area contributed by atoms with E-state index in [2.05, 4.69) is 20.1 Å². The number of benzene rings is 1. The van der Waals surface area contributed by atoms with Crippen LogP contribution in [0.15, 0.2) is 12.1 Å². The maximum absolute atomic E-state index is 13.7. The average molecular weight is 398 g/mol. The van der Waals surface area contributed by atoms with Gasteiger partial charge >= 0.3 is 0 Å². The smallest absolute Gasteiger partial charge is 0.255 e. The van der Waals surface area contributed by atoms with Gasteiger partial charge < -0.3 is 14.8 Å². The van der Waals surface area contributed by atoms with Crippen LogP contribution in [0.4, 0.5) is 4.39 Å². The molecule has 2 aliphatic heterocycles. The van der Waals surface area contributed by atoms with Gasteiger partial charge in [0.25, 0.3) is 5.91 Å². The SMILES string of the molecule is O=C(c1cc(F)c(Cl)cc1Cl)N1CCC(c2nnc3n2CCNC3)CC1. The molecule has 0 radical (unpaired) electrons. The lowest BCUT2D eigenvalue weighted by Gasteiger charge is -2.32. The van der Waals surface area contributed by atoms with Crippen LogP contribution in [0.1, 0.15) is 40.8 Å². The van der Waals surface area contributed by atoms with Crippen LogP contribution in [0.3, 0.4) is 0 Å². The van der Waals surface area contributed by atoms with Crippen LogP contribution in [0.2, 0.25) is 10.0 Å². The molecular weight excluding hydrogens is 380 g/mol. The van der Waals surface area contributed by atoms with Gasteiger partial charge in [0.05, 0.1) is 22.2 Å². The lowest BCUT2D eigenvalue weighted by Crippen LogP contribution is -2.39. The number of halogens is 3. The van der Waals surface area contributed by atoms with Gasteiger partial charge in [-0.3, -0.25) is 4.79 Å². The van der Waals surface area contributed by atoms with Crippen LogP contribution in [0, 0.1) is 5.82 Å². The normalized spacial score (nSPS) is 18.0. The van der Waals surface area contributed by atoms with Crippen LogP contribution in [0.25, 0.3) is 0 Å². The highest BCUT2D eigenvalue weighted by atomic mass is 35.5. The predicted molar refractivity (Wildman–Crippen MR) is 96.0 cm³/mol. The summed E-state index contributed by atoms with van der Waals surface area (Å²) in [5.41, 5.74) is 0.151. The summed E-state index contributed by atoms with van der Waals surface area (Å²) in [5.74, 6) is 1.34. The van der Waals surface area contributed by atoms with Gasteiger partial charge in [-0.1, -0.05) is 23.2 Å². The zero-order valence-corrected chi connectivity index (χ0v) is 15.5. The van der Waals surface area contributed by atoms with E-state index in [0.717, 1.165) is 50.2 Å². The Morgan fingerprint density at radius 1 is 1.15 bits per heavy atom. The second kappa shape index (κ2) is 7.13. The monoisotopic (exact) mass is 397 g/mol. The van der Waals surface area contributed by atoms with E-state index in [-0.39, 0.29) is 27.4 Å². The summed E-state index contributed by atoms with van der Waals surface area (Å²) in [6, 6.07) is 2.38. The first-order chi connectivity index (χ1) is 12.5. The van der Waals surface area contributed by atoms with Crippen LogP contribution >= 0.6 is 23.2 Å². The Morgan fingerprint density at radius 3 is 2.69 bits per heavy atom. The van der Waals surface area contributed by atoms with Gasteiger partial charge in [-0.2, -0.15) is 0 Å². The number of hydrogen-bond donors (Lipinski definition) is 1. The average Bonchev–Trinajstić information content (AvgIpc) is 3.08. The third-order valence-corrected chi connectivity index (χ3v) is 5.64. The van der Waals surface area contributed by atoms with Crippen LogP contribution < -0.4 is 5.32 Å². The highest BCUT2D eigenvalue weighted by Crippen LogP contribution is 2.30. The van der Waals surface area contributed by atoms with Gasteiger partial charge in [-0.25, -0.2) is 4.39 Å². The zero-order chi connectivity index (χ0) is 18.3. The van der Waals surface area contributed by atoms with Crippen molar-refractivity contribution in [3.8, 4) is 0 Å². The first-order valence-electron chi connectivity index (χ1n) is 8.61. The van der Waals surface area contributed by atoms with E-state index in [1.165, 1.54) is 6.07 Å². The Balaban J connectivity index is 1.46. The number of carbonyl (C=O) groups is 1. The van der Waals surface area contributed by atoms with Crippen molar-refractivity contribution in [2.45, 2.75) is 31.8 Å². The molecule has 0 unspecified atom stereocenters. The van der Waals surface area contributed by atoms with Gasteiger partial charge in [0.1, 0.15) is 17.5 Å². The van der Waals surface area contributed by atoms with Crippen molar-refractivity contribution in [1.82, 2.24) is 25.0 Å². The summed E-state index contributed by atoms with van der Waals surface area (Å²) in [7, 11) is 0. The number of likely N-dealkylation sites (tertiary alicyclic amines) is 1. The zero-order valence-electron chi connectivity index (χ0n) is 14.0. The molecule has 0 aliphatic carbocycles. The van der Waals surface area contributed by atoms with Crippen molar-refractivity contribution >= 4 is 29.1 Å². The highest BCUT2D eigenvalue weighted by molar-refractivity contribution is 6.36. The molecule has 0 saturated carbocycles. The van der Waals surface area contributed by atoms with Crippen molar-refractivity contribution < 1.29 is 9.18 Å². The van der Waals surface area contributed by atoms with E-state index in [1.807, 2.05) is 0 Å². The van der Waals surface area contributed by atoms with Crippen molar-refractivity contribution in [3.05, 3.63) is 45.2 Å². The second-order valence-electron chi connectivity index (χ2n) is 6.62. The Kier molecular flexibility index (Phi) is 4.86. The number of carbonyl (C=O) groups excluding carboxylic acids is 1. The molecule has 3 heterocycles. The topological polar surface area (TPSA) is 63.1 Å². The molecule has 1 aromatic heterocycles. The van der Waals surface area contributed by atoms with Gasteiger partial charge in [0.2, 0.25) is 0 Å². The first-order valence-corrected chi connectivity index (χ1v) is 9.36. The summed E-state index contributed by atoms with van der Waals surface area (Å²) < 4.78 is 15.9. The van der Waals surface area contributed by atoms with Gasteiger partial charge in [0, 0.05) is 32.1 Å². The number of amides is 1. The number of fused-ring (bicyclic) bond motifs is 1. The van der Waals surface area contributed by atoms with Gasteiger partial charge in [-0.15, -0.1) is 10.2 Å². The second-order valence-corrected chi connectivity index (χ2v) is 7.43. The summed E-state index contributed by atoms with van der Waals surface area (Å²) >= 11 is 11.8. The summed E-state index contributed by atoms with van der Waals surface area (Å²) in [6.07, 6.45) is 1.59. The molecule has 0 spiro atoms. The summed E-state index contributed by atoms with van der Waals surface area (Å²) in [6.45, 7) is 3.67. The minimum atomic E-state index is -0.641. The van der Waals surface area contributed by atoms with Crippen molar-refractivity contribution in [3.63, 3.8) is 0 Å². The molecule has 1 N–H and O–H groups in total. The fourth-order valence-corrected chi connectivity index (χ4v) is 4.08. The van der Waals surface area contributed by atoms with Crippen molar-refractivity contribution in [2.24, 2.45) is 0 Å². The Labute approximate surface area is 160 Å². The van der Waals surface area contributed by atoms with E-state index in [1.54, 1.807) is 4.90 Å². The fraction of sp³-hybridized carbons (Fsp3) is 0.471. The molecule has 1 aromatic carbocycles. The molecule has 4 rings (SSSR count). The number of piperidine rings is 1. The van der Waals surface area contributed by atoms with Crippen molar-refractivity contribution in [1.29, 1.82) is 0 Å². The van der Waals surface area contributed by atoms with Gasteiger partial charge in [0.15, 0.2) is 0 Å². The number of nitrogens with one attached hydrogen (secondary N) is 1. The van der Waals surface area contributed by atoms with Crippen LogP contribution in [-0.4, -0.2) is 45.2 Å². The number of rotatable bonds is 2. The first kappa shape index (κ1) is 17.7. The molecule has 2 aromatic rings. The van der Waals surface area contributed by atoms with E-state index < -0.39 is 5.82 Å². The van der Waals surface area contributed by atoms with Crippen molar-refractivity contribution in [2.75, 3.05) is 19.6 Å². The molecule has 1 amide bonds. The Hall–Kier alpha value is -1.70. The molecule has 0 bridgehead atoms. The minimum Gasteiger partial charge on any atom is -0.339 e. The van der Waals surface area contributed by atoms with Crippen LogP contribution in [-0.2, 0) is 13.1 Å². The Bertz CT molecular complexity index is 848. The molecule has 0 atom stereocenters. The third-order valence-electron chi connectivity index (χ3n) is 5.04. The lowest BCUT2D eigenvalue weighted by molar-refractivity contribution is 0.0709. The molecule has 26 heavy (non-hydrogen) atoms. The van der Waals surface area contributed by atoms with E-state index in [4.69, 9.17) is 23.2 Å². The molecule has 1 fully saturated rings. The summed E-state index contributed by atoms with van der Waals surface area (Å²) in [4.78, 5) is 14.4. The maximum Gasteiger partial charge on any atom is 0.255 e. The van der Waals surface area contributed by atoms with E-state index in [0.29, 0.717) is 13.1 Å².